The number of imidazole rings is 1. The first-order valence-corrected chi connectivity index (χ1v) is 6.55. The van der Waals surface area contributed by atoms with E-state index < -0.39 is 0 Å². The number of nitrogens with two attached hydrogens (primary N) is 1. The molecule has 3 heterocycles. The number of fused-ring (bicyclic) bond motifs is 1. The Morgan fingerprint density at radius 2 is 1.86 bits per heavy atom. The van der Waals surface area contributed by atoms with Crippen molar-refractivity contribution in [1.82, 2.24) is 14.4 Å². The number of carbonyl (C=O) groups is 1. The molecule has 0 aliphatic heterocycles. The van der Waals surface area contributed by atoms with Crippen molar-refractivity contribution in [3.05, 3.63) is 60.7 Å². The van der Waals surface area contributed by atoms with Crippen molar-refractivity contribution < 1.29 is 13.6 Å². The fourth-order valence-electron chi connectivity index (χ4n) is 1.28. The fraction of sp³-hybridized carbons (Fsp3) is 0.0714. The van der Waals surface area contributed by atoms with Crippen molar-refractivity contribution in [3.63, 3.8) is 0 Å². The number of aldehydes is 1. The second-order valence-corrected chi connectivity index (χ2v) is 4.07. The Hall–Kier alpha value is -2.54. The van der Waals surface area contributed by atoms with Gasteiger partial charge in [0.15, 0.2) is 0 Å². The van der Waals surface area contributed by atoms with Gasteiger partial charge in [-0.2, -0.15) is 0 Å². The van der Waals surface area contributed by atoms with Gasteiger partial charge < -0.3 is 14.9 Å². The summed E-state index contributed by atoms with van der Waals surface area (Å²) in [5.74, 6) is -0.156. The van der Waals surface area contributed by atoms with Crippen molar-refractivity contribution in [2.24, 2.45) is 0 Å². The Bertz CT molecular complexity index is 682. The number of nitrogen functional groups attached to an aromatic ring is 1. The Labute approximate surface area is 130 Å². The summed E-state index contributed by atoms with van der Waals surface area (Å²) in [4.78, 5) is 16.5. The van der Waals surface area contributed by atoms with Crippen LogP contribution < -0.4 is 5.73 Å². The zero-order valence-electron chi connectivity index (χ0n) is 11.4. The lowest BCUT2D eigenvalue weighted by Crippen LogP contribution is -1.87. The van der Waals surface area contributed by atoms with Gasteiger partial charge in [0.2, 0.25) is 0 Å². The average molecular weight is 327 g/mol. The molecule has 0 radical (unpaired) electrons. The summed E-state index contributed by atoms with van der Waals surface area (Å²) in [5, 5.41) is 0. The molecule has 5 nitrogen and oxygen atoms in total. The first kappa shape index (κ1) is 17.5. The lowest BCUT2D eigenvalue weighted by atomic mass is 10.5. The molecule has 2 N–H and O–H groups in total. The molecular formula is C14H13ClF2N4O. The Morgan fingerprint density at radius 3 is 2.41 bits per heavy atom. The molecule has 0 aliphatic carbocycles. The number of hydrogen-bond acceptors (Lipinski definition) is 4. The van der Waals surface area contributed by atoms with E-state index in [0.29, 0.717) is 12.1 Å². The van der Waals surface area contributed by atoms with E-state index in [1.807, 2.05) is 0 Å². The molecular weight excluding hydrogens is 314 g/mol. The highest BCUT2D eigenvalue weighted by molar-refractivity contribution is 6.24. The number of anilines is 1. The fourth-order valence-corrected chi connectivity index (χ4v) is 1.28. The summed E-state index contributed by atoms with van der Waals surface area (Å²) in [7, 11) is 0. The number of carbonyl (C=O) groups excluding carboxylic acids is 1. The van der Waals surface area contributed by atoms with Crippen LogP contribution in [0.1, 0.15) is 0 Å². The molecule has 3 rings (SSSR count). The molecule has 0 spiro atoms. The van der Waals surface area contributed by atoms with Crippen LogP contribution in [0.5, 0.6) is 0 Å². The number of hydrogen-bond donors (Lipinski definition) is 1. The lowest BCUT2D eigenvalue weighted by Gasteiger charge is -1.90. The Kier molecular flexibility index (Phi) is 7.49. The smallest absolute Gasteiger partial charge is 0.141 e. The van der Waals surface area contributed by atoms with Gasteiger partial charge in [-0.25, -0.2) is 18.7 Å². The maximum Gasteiger partial charge on any atom is 0.141 e. The SMILES string of the molecule is Fc1ccc2nccn2c1.Nc1ccc(F)cn1.O=CCCl. The van der Waals surface area contributed by atoms with E-state index in [9.17, 15) is 8.78 Å². The minimum Gasteiger partial charge on any atom is -0.384 e. The van der Waals surface area contributed by atoms with Crippen molar-refractivity contribution in [1.29, 1.82) is 0 Å². The van der Waals surface area contributed by atoms with Crippen LogP contribution in [-0.4, -0.2) is 26.5 Å². The molecule has 116 valence electrons. The molecule has 0 bridgehead atoms. The second kappa shape index (κ2) is 9.41. The van der Waals surface area contributed by atoms with E-state index in [1.165, 1.54) is 24.4 Å². The van der Waals surface area contributed by atoms with Crippen molar-refractivity contribution in [2.45, 2.75) is 0 Å². The highest BCUT2D eigenvalue weighted by Gasteiger charge is 1.92. The number of alkyl halides is 1. The van der Waals surface area contributed by atoms with Crippen LogP contribution in [-0.2, 0) is 4.79 Å². The predicted molar refractivity (Wildman–Crippen MR) is 80.5 cm³/mol. The molecule has 22 heavy (non-hydrogen) atoms. The van der Waals surface area contributed by atoms with Crippen LogP contribution in [0, 0.1) is 11.6 Å². The molecule has 0 atom stereocenters. The third kappa shape index (κ3) is 6.27. The van der Waals surface area contributed by atoms with Gasteiger partial charge in [-0.05, 0) is 24.3 Å². The van der Waals surface area contributed by atoms with Crippen molar-refractivity contribution in [3.8, 4) is 0 Å². The number of nitrogens with zero attached hydrogens (tertiary/aromatic N) is 3. The summed E-state index contributed by atoms with van der Waals surface area (Å²) in [6, 6.07) is 5.70. The zero-order valence-corrected chi connectivity index (χ0v) is 12.1. The van der Waals surface area contributed by atoms with Crippen molar-refractivity contribution in [2.75, 3.05) is 11.6 Å². The summed E-state index contributed by atoms with van der Waals surface area (Å²) in [6.45, 7) is 0. The monoisotopic (exact) mass is 326 g/mol. The van der Waals surface area contributed by atoms with Crippen LogP contribution in [0.25, 0.3) is 5.65 Å². The van der Waals surface area contributed by atoms with Gasteiger partial charge in [-0.1, -0.05) is 0 Å². The molecule has 0 aromatic carbocycles. The molecule has 0 saturated heterocycles. The van der Waals surface area contributed by atoms with Gasteiger partial charge in [0.25, 0.3) is 0 Å². The molecule has 0 unspecified atom stereocenters. The summed E-state index contributed by atoms with van der Waals surface area (Å²) < 4.78 is 26.1. The minimum absolute atomic E-state index is 0.111. The maximum atomic E-state index is 12.5. The first-order chi connectivity index (χ1) is 10.6. The third-order valence-corrected chi connectivity index (χ3v) is 2.29. The molecule has 8 heteroatoms. The quantitative estimate of drug-likeness (QED) is 0.551. The number of pyridine rings is 2. The maximum absolute atomic E-state index is 12.5. The topological polar surface area (TPSA) is 73.3 Å². The van der Waals surface area contributed by atoms with E-state index in [4.69, 9.17) is 22.1 Å². The zero-order chi connectivity index (χ0) is 16.4. The van der Waals surface area contributed by atoms with E-state index in [1.54, 1.807) is 22.9 Å². The van der Waals surface area contributed by atoms with Gasteiger partial charge in [0, 0.05) is 18.6 Å². The number of halogens is 3. The molecule has 0 aliphatic rings. The van der Waals surface area contributed by atoms with E-state index in [2.05, 4.69) is 9.97 Å². The molecule has 0 fully saturated rings. The van der Waals surface area contributed by atoms with Gasteiger partial charge in [0.1, 0.15) is 29.4 Å². The summed E-state index contributed by atoms with van der Waals surface area (Å²) >= 11 is 4.82. The molecule has 0 amide bonds. The third-order valence-electron chi connectivity index (χ3n) is 2.17. The normalized spacial score (nSPS) is 9.23. The second-order valence-electron chi connectivity index (χ2n) is 3.76. The molecule has 0 saturated carbocycles. The van der Waals surface area contributed by atoms with Crippen LogP contribution in [0.2, 0.25) is 0 Å². The van der Waals surface area contributed by atoms with Crippen LogP contribution in [0.15, 0.2) is 49.1 Å². The molecule has 3 aromatic rings. The van der Waals surface area contributed by atoms with Crippen molar-refractivity contribution >= 4 is 29.4 Å². The van der Waals surface area contributed by atoms with E-state index >= 15 is 0 Å². The molecule has 3 aromatic heterocycles. The Balaban J connectivity index is 0.000000182. The highest BCUT2D eigenvalue weighted by Crippen LogP contribution is 2.01. The van der Waals surface area contributed by atoms with Gasteiger partial charge in [-0.3, -0.25) is 0 Å². The Morgan fingerprint density at radius 1 is 1.18 bits per heavy atom. The van der Waals surface area contributed by atoms with Gasteiger partial charge in [0.05, 0.1) is 12.1 Å². The van der Waals surface area contributed by atoms with Gasteiger partial charge in [-0.15, -0.1) is 11.6 Å². The predicted octanol–water partition coefficient (Wildman–Crippen LogP) is 2.70. The largest absolute Gasteiger partial charge is 0.384 e. The van der Waals surface area contributed by atoms with Crippen LogP contribution in [0.4, 0.5) is 14.6 Å². The standard InChI is InChI=1S/C7H5FN2.C5H5FN2.C2H3ClO/c8-6-1-2-7-9-3-4-10(7)5-6;6-4-1-2-5(7)8-3-4;3-1-2-4/h1-5H;1-3H,(H2,7,8);2H,1H2. The summed E-state index contributed by atoms with van der Waals surface area (Å²) in [6.07, 6.45) is 6.45. The highest BCUT2D eigenvalue weighted by atomic mass is 35.5. The van der Waals surface area contributed by atoms with Gasteiger partial charge >= 0.3 is 0 Å². The van der Waals surface area contributed by atoms with Crippen LogP contribution >= 0.6 is 11.6 Å². The van der Waals surface area contributed by atoms with E-state index in [-0.39, 0.29) is 17.5 Å². The van der Waals surface area contributed by atoms with Crippen LogP contribution in [0.3, 0.4) is 0 Å². The lowest BCUT2D eigenvalue weighted by molar-refractivity contribution is -0.105. The van der Waals surface area contributed by atoms with E-state index in [0.717, 1.165) is 11.8 Å². The first-order valence-electron chi connectivity index (χ1n) is 6.01. The average Bonchev–Trinajstić information content (AvgIpc) is 2.98. The number of rotatable bonds is 1. The minimum atomic E-state index is -0.362. The summed E-state index contributed by atoms with van der Waals surface area (Å²) in [5.41, 5.74) is 5.91. The number of aromatic nitrogens is 3.